The van der Waals surface area contributed by atoms with Crippen LogP contribution in [0.15, 0.2) is 35.8 Å². The fourth-order valence-corrected chi connectivity index (χ4v) is 3.04. The summed E-state index contributed by atoms with van der Waals surface area (Å²) in [7, 11) is 0. The number of aromatic nitrogens is 4. The van der Waals surface area contributed by atoms with Crippen molar-refractivity contribution in [3.05, 3.63) is 58.4 Å². The van der Waals surface area contributed by atoms with Gasteiger partial charge in [-0.25, -0.2) is 4.39 Å². The fraction of sp³-hybridized carbons (Fsp3) is 0.0556. The van der Waals surface area contributed by atoms with Crippen molar-refractivity contribution in [2.75, 3.05) is 5.73 Å². The number of anilines is 1. The molecule has 0 aliphatic heterocycles. The summed E-state index contributed by atoms with van der Waals surface area (Å²) >= 11 is 0. The second-order valence-electron chi connectivity index (χ2n) is 5.76. The number of rotatable bonds is 2. The van der Waals surface area contributed by atoms with Gasteiger partial charge in [-0.15, -0.1) is 0 Å². The van der Waals surface area contributed by atoms with Gasteiger partial charge in [-0.05, 0) is 30.2 Å². The number of hydrogen-bond acceptors (Lipinski definition) is 4. The average Bonchev–Trinajstić information content (AvgIpc) is 3.08. The van der Waals surface area contributed by atoms with Crippen LogP contribution >= 0.6 is 0 Å². The van der Waals surface area contributed by atoms with Crippen molar-refractivity contribution >= 4 is 33.7 Å². The number of fused-ring (bicyclic) bond motifs is 2. The second-order valence-corrected chi connectivity index (χ2v) is 5.76. The van der Waals surface area contributed by atoms with E-state index in [9.17, 15) is 9.18 Å². The van der Waals surface area contributed by atoms with Crippen molar-refractivity contribution < 1.29 is 4.39 Å². The lowest BCUT2D eigenvalue weighted by Gasteiger charge is -2.12. The molecular weight excluding hydrogens is 321 g/mol. The lowest BCUT2D eigenvalue weighted by molar-refractivity contribution is 0.636. The fourth-order valence-electron chi connectivity index (χ4n) is 3.04. The molecule has 0 radical (unpaired) electrons. The predicted octanol–water partition coefficient (Wildman–Crippen LogP) is 3.14. The third kappa shape index (κ3) is 2.13. The molecule has 0 fully saturated rings. The maximum atomic E-state index is 14.0. The van der Waals surface area contributed by atoms with Gasteiger partial charge >= 0.3 is 0 Å². The molecule has 0 amide bonds. The van der Waals surface area contributed by atoms with E-state index >= 15 is 0 Å². The molecule has 4 N–H and O–H groups in total. The van der Waals surface area contributed by atoms with Gasteiger partial charge < -0.3 is 10.7 Å². The van der Waals surface area contributed by atoms with E-state index in [-0.39, 0.29) is 11.2 Å². The number of pyridine rings is 2. The first kappa shape index (κ1) is 15.1. The highest BCUT2D eigenvalue weighted by molar-refractivity contribution is 6.06. The molecule has 124 valence electrons. The molecule has 3 heterocycles. The Balaban J connectivity index is 2.20. The van der Waals surface area contributed by atoms with Gasteiger partial charge in [0.15, 0.2) is 0 Å². The van der Waals surface area contributed by atoms with E-state index < -0.39 is 11.4 Å². The number of aromatic amines is 2. The SMILES string of the molecule is C=Cc1cc2[nH]c(=O)c(N)c(-c3ccc(F)c4[nH]ncc34)c2nc1C. The molecule has 6 nitrogen and oxygen atoms in total. The Morgan fingerprint density at radius 2 is 2.16 bits per heavy atom. The number of hydrogen-bond donors (Lipinski definition) is 3. The first-order chi connectivity index (χ1) is 12.0. The smallest absolute Gasteiger partial charge is 0.272 e. The second kappa shape index (κ2) is 5.27. The lowest BCUT2D eigenvalue weighted by atomic mass is 9.98. The van der Waals surface area contributed by atoms with Crippen molar-refractivity contribution in [3.63, 3.8) is 0 Å². The molecule has 0 spiro atoms. The molecule has 0 aliphatic rings. The monoisotopic (exact) mass is 335 g/mol. The lowest BCUT2D eigenvalue weighted by Crippen LogP contribution is -2.14. The maximum Gasteiger partial charge on any atom is 0.272 e. The summed E-state index contributed by atoms with van der Waals surface area (Å²) in [6, 6.07) is 4.69. The highest BCUT2D eigenvalue weighted by Gasteiger charge is 2.18. The molecule has 0 atom stereocenters. The van der Waals surface area contributed by atoms with Crippen molar-refractivity contribution in [3.8, 4) is 11.1 Å². The summed E-state index contributed by atoms with van der Waals surface area (Å²) in [6.45, 7) is 5.60. The van der Waals surface area contributed by atoms with E-state index in [2.05, 4.69) is 26.7 Å². The molecule has 0 bridgehead atoms. The van der Waals surface area contributed by atoms with Crippen LogP contribution < -0.4 is 11.3 Å². The Kier molecular flexibility index (Phi) is 3.18. The third-order valence-electron chi connectivity index (χ3n) is 4.31. The van der Waals surface area contributed by atoms with Crippen LogP contribution in [0.5, 0.6) is 0 Å². The van der Waals surface area contributed by atoms with Gasteiger partial charge in [-0.1, -0.05) is 18.7 Å². The molecule has 4 aromatic rings. The summed E-state index contributed by atoms with van der Waals surface area (Å²) in [5, 5.41) is 7.06. The topological polar surface area (TPSA) is 100 Å². The Morgan fingerprint density at radius 1 is 1.36 bits per heavy atom. The van der Waals surface area contributed by atoms with Crippen LogP contribution in [0, 0.1) is 12.7 Å². The van der Waals surface area contributed by atoms with Crippen molar-refractivity contribution in [2.24, 2.45) is 0 Å². The zero-order valence-corrected chi connectivity index (χ0v) is 13.4. The van der Waals surface area contributed by atoms with Crippen LogP contribution in [-0.4, -0.2) is 20.2 Å². The van der Waals surface area contributed by atoms with Crippen molar-refractivity contribution in [1.29, 1.82) is 0 Å². The van der Waals surface area contributed by atoms with Gasteiger partial charge in [-0.3, -0.25) is 14.9 Å². The maximum absolute atomic E-state index is 14.0. The van der Waals surface area contributed by atoms with E-state index in [0.717, 1.165) is 11.3 Å². The number of nitrogens with one attached hydrogen (secondary N) is 2. The van der Waals surface area contributed by atoms with Gasteiger partial charge in [-0.2, -0.15) is 5.10 Å². The number of nitrogen functional groups attached to an aromatic ring is 1. The van der Waals surface area contributed by atoms with Crippen LogP contribution in [0.1, 0.15) is 11.3 Å². The number of nitrogens with two attached hydrogens (primary N) is 1. The zero-order chi connectivity index (χ0) is 17.7. The van der Waals surface area contributed by atoms with Gasteiger partial charge in [0, 0.05) is 16.6 Å². The van der Waals surface area contributed by atoms with Crippen molar-refractivity contribution in [2.45, 2.75) is 6.92 Å². The van der Waals surface area contributed by atoms with Gasteiger partial charge in [0.2, 0.25) is 0 Å². The molecule has 0 aliphatic carbocycles. The number of benzene rings is 1. The molecule has 0 saturated carbocycles. The van der Waals surface area contributed by atoms with E-state index in [1.165, 1.54) is 12.3 Å². The Hall–Kier alpha value is -3.48. The van der Waals surface area contributed by atoms with E-state index in [4.69, 9.17) is 5.73 Å². The Bertz CT molecular complexity index is 1220. The highest BCUT2D eigenvalue weighted by atomic mass is 19.1. The minimum Gasteiger partial charge on any atom is -0.394 e. The predicted molar refractivity (Wildman–Crippen MR) is 96.6 cm³/mol. The first-order valence-corrected chi connectivity index (χ1v) is 7.58. The molecule has 1 aromatic carbocycles. The number of nitrogens with zero attached hydrogens (tertiary/aromatic N) is 2. The summed E-state index contributed by atoms with van der Waals surface area (Å²) in [6.07, 6.45) is 3.17. The van der Waals surface area contributed by atoms with E-state index in [1.807, 2.05) is 6.92 Å². The summed E-state index contributed by atoms with van der Waals surface area (Å²) in [4.78, 5) is 19.6. The molecule has 4 rings (SSSR count). The molecule has 25 heavy (non-hydrogen) atoms. The van der Waals surface area contributed by atoms with Crippen molar-refractivity contribution in [1.82, 2.24) is 20.2 Å². The minimum atomic E-state index is -0.429. The minimum absolute atomic E-state index is 0.0276. The normalized spacial score (nSPS) is 11.3. The standard InChI is InChI=1S/C18H14FN5O/c1-3-9-6-13-17(22-8(9)2)14(15(20)18(25)23-13)10-4-5-12(19)16-11(10)7-21-24-16/h3-7H,1,20H2,2H3,(H,21,24)(H,23,25). The van der Waals surface area contributed by atoms with Crippen LogP contribution in [0.3, 0.4) is 0 Å². The molecular formula is C18H14FN5O. The van der Waals surface area contributed by atoms with Gasteiger partial charge in [0.05, 0.1) is 17.2 Å². The summed E-state index contributed by atoms with van der Waals surface area (Å²) in [5.41, 5.74) is 9.62. The van der Waals surface area contributed by atoms with Crippen LogP contribution in [0.2, 0.25) is 0 Å². The Labute approximate surface area is 141 Å². The summed E-state index contributed by atoms with van der Waals surface area (Å²) < 4.78 is 14.0. The number of halogens is 1. The van der Waals surface area contributed by atoms with Gasteiger partial charge in [0.1, 0.15) is 17.0 Å². The molecule has 3 aromatic heterocycles. The average molecular weight is 335 g/mol. The first-order valence-electron chi connectivity index (χ1n) is 7.58. The zero-order valence-electron chi connectivity index (χ0n) is 13.4. The van der Waals surface area contributed by atoms with Crippen LogP contribution in [0.4, 0.5) is 10.1 Å². The molecule has 0 saturated heterocycles. The highest BCUT2D eigenvalue weighted by Crippen LogP contribution is 2.35. The largest absolute Gasteiger partial charge is 0.394 e. The third-order valence-corrected chi connectivity index (χ3v) is 4.31. The van der Waals surface area contributed by atoms with E-state index in [0.29, 0.717) is 27.5 Å². The van der Waals surface area contributed by atoms with Crippen LogP contribution in [-0.2, 0) is 0 Å². The number of aryl methyl sites for hydroxylation is 1. The summed E-state index contributed by atoms with van der Waals surface area (Å²) in [5.74, 6) is -0.429. The Morgan fingerprint density at radius 3 is 2.92 bits per heavy atom. The number of H-pyrrole nitrogens is 2. The van der Waals surface area contributed by atoms with Crippen LogP contribution in [0.25, 0.3) is 39.1 Å². The van der Waals surface area contributed by atoms with E-state index in [1.54, 1.807) is 18.2 Å². The molecule has 0 unspecified atom stereocenters. The van der Waals surface area contributed by atoms with Gasteiger partial charge in [0.25, 0.3) is 5.56 Å². The molecule has 7 heteroatoms. The quantitative estimate of drug-likeness (QED) is 0.524.